The number of aromatic carboxylic acids is 1. The highest BCUT2D eigenvalue weighted by atomic mass is 35.5. The maximum Gasteiger partial charge on any atom is 0.356 e. The molecule has 0 saturated carbocycles. The Hall–Kier alpha value is -4.51. The second-order valence-corrected chi connectivity index (χ2v) is 8.43. The van der Waals surface area contributed by atoms with Crippen molar-refractivity contribution in [3.05, 3.63) is 97.9 Å². The zero-order valence-corrected chi connectivity index (χ0v) is 20.0. The fourth-order valence-corrected chi connectivity index (χ4v) is 3.43. The Morgan fingerprint density at radius 1 is 1.03 bits per heavy atom. The van der Waals surface area contributed by atoms with Crippen molar-refractivity contribution in [2.75, 3.05) is 5.32 Å². The molecule has 11 nitrogen and oxygen atoms in total. The van der Waals surface area contributed by atoms with E-state index in [1.807, 2.05) is 0 Å². The molecular weight excluding hydrogens is 488 g/mol. The lowest BCUT2D eigenvalue weighted by Crippen LogP contribution is -2.43. The molecule has 0 aliphatic rings. The van der Waals surface area contributed by atoms with Crippen molar-refractivity contribution in [3.63, 3.8) is 0 Å². The molecule has 2 heterocycles. The van der Waals surface area contributed by atoms with Gasteiger partial charge in [0.25, 0.3) is 0 Å². The van der Waals surface area contributed by atoms with Crippen LogP contribution in [0.1, 0.15) is 35.9 Å². The van der Waals surface area contributed by atoms with Gasteiger partial charge in [-0.25, -0.2) is 19.0 Å². The predicted octanol–water partition coefficient (Wildman–Crippen LogP) is 3.71. The number of hydrogen-bond donors (Lipinski definition) is 2. The van der Waals surface area contributed by atoms with E-state index in [0.29, 0.717) is 16.5 Å². The van der Waals surface area contributed by atoms with Gasteiger partial charge in [-0.3, -0.25) is 4.57 Å². The SMILES string of the molecule is CC(C)n1c(=O)nc(Nc2ccc(Oc3ccc(C(=O)O)nn3)cc2)n(Cc2ccc(Cl)cc2)c1=O. The molecule has 0 radical (unpaired) electrons. The van der Waals surface area contributed by atoms with Gasteiger partial charge in [0.15, 0.2) is 5.69 Å². The Bertz CT molecular complexity index is 1500. The monoisotopic (exact) mass is 508 g/mol. The smallest absolute Gasteiger partial charge is 0.356 e. The summed E-state index contributed by atoms with van der Waals surface area (Å²) in [6.07, 6.45) is 0. The third kappa shape index (κ3) is 5.58. The lowest BCUT2D eigenvalue weighted by Gasteiger charge is -2.17. The van der Waals surface area contributed by atoms with Crippen molar-refractivity contribution in [3.8, 4) is 11.6 Å². The summed E-state index contributed by atoms with van der Waals surface area (Å²) in [5.41, 5.74) is 0.00426. The van der Waals surface area contributed by atoms with Crippen LogP contribution >= 0.6 is 11.6 Å². The number of benzene rings is 2. The zero-order chi connectivity index (χ0) is 25.8. The highest BCUT2D eigenvalue weighted by Crippen LogP contribution is 2.23. The number of halogens is 1. The number of hydrogen-bond acceptors (Lipinski definition) is 8. The van der Waals surface area contributed by atoms with Crippen LogP contribution in [0.4, 0.5) is 11.6 Å². The summed E-state index contributed by atoms with van der Waals surface area (Å²) < 4.78 is 8.06. The number of nitrogens with zero attached hydrogens (tertiary/aromatic N) is 5. The van der Waals surface area contributed by atoms with Gasteiger partial charge in [-0.05, 0) is 61.9 Å². The summed E-state index contributed by atoms with van der Waals surface area (Å²) >= 11 is 5.98. The molecule has 0 atom stereocenters. The molecule has 0 fully saturated rings. The lowest BCUT2D eigenvalue weighted by molar-refractivity contribution is 0.0689. The second kappa shape index (κ2) is 10.4. The maximum atomic E-state index is 13.2. The molecular formula is C24H21ClN6O5. The number of rotatable bonds is 8. The van der Waals surface area contributed by atoms with Gasteiger partial charge in [0, 0.05) is 22.8 Å². The van der Waals surface area contributed by atoms with Crippen molar-refractivity contribution in [1.29, 1.82) is 0 Å². The van der Waals surface area contributed by atoms with Crippen LogP contribution in [0.2, 0.25) is 5.02 Å². The molecule has 0 aliphatic carbocycles. The van der Waals surface area contributed by atoms with E-state index in [4.69, 9.17) is 21.4 Å². The molecule has 2 N–H and O–H groups in total. The fraction of sp³-hybridized carbons (Fsp3) is 0.167. The minimum Gasteiger partial charge on any atom is -0.476 e. The standard InChI is InChI=1S/C24H21ClN6O5/c1-14(2)31-23(34)27-22(30(24(31)35)13-15-3-5-16(25)6-4-15)26-17-7-9-18(10-8-17)36-20-12-11-19(21(32)33)28-29-20/h3-12,14H,13H2,1-2H3,(H,32,33)(H,26,27,34). The molecule has 4 aromatic rings. The van der Waals surface area contributed by atoms with Crippen molar-refractivity contribution in [1.82, 2.24) is 24.3 Å². The molecule has 184 valence electrons. The Morgan fingerprint density at radius 2 is 1.72 bits per heavy atom. The van der Waals surface area contributed by atoms with Gasteiger partial charge < -0.3 is 15.2 Å². The van der Waals surface area contributed by atoms with Crippen LogP contribution in [-0.4, -0.2) is 35.4 Å². The van der Waals surface area contributed by atoms with Crippen LogP contribution in [0.15, 0.2) is 70.3 Å². The van der Waals surface area contributed by atoms with E-state index in [1.165, 1.54) is 16.7 Å². The van der Waals surface area contributed by atoms with Gasteiger partial charge in [-0.1, -0.05) is 23.7 Å². The first-order valence-electron chi connectivity index (χ1n) is 10.8. The Balaban J connectivity index is 1.60. The minimum absolute atomic E-state index is 0.0839. The average molecular weight is 509 g/mol. The number of aromatic nitrogens is 5. The van der Waals surface area contributed by atoms with Crippen LogP contribution in [0.5, 0.6) is 11.6 Å². The van der Waals surface area contributed by atoms with Crippen LogP contribution < -0.4 is 21.4 Å². The highest BCUT2D eigenvalue weighted by molar-refractivity contribution is 6.30. The molecule has 12 heteroatoms. The average Bonchev–Trinajstić information content (AvgIpc) is 2.84. The highest BCUT2D eigenvalue weighted by Gasteiger charge is 2.16. The van der Waals surface area contributed by atoms with Crippen molar-refractivity contribution in [2.45, 2.75) is 26.4 Å². The van der Waals surface area contributed by atoms with Gasteiger partial charge in [0.05, 0.1) is 6.54 Å². The summed E-state index contributed by atoms with van der Waals surface area (Å²) in [5, 5.41) is 19.8. The molecule has 0 bridgehead atoms. The Labute approximate surface area is 209 Å². The number of anilines is 2. The van der Waals surface area contributed by atoms with E-state index in [2.05, 4.69) is 20.5 Å². The molecule has 0 unspecified atom stereocenters. The maximum absolute atomic E-state index is 13.2. The van der Waals surface area contributed by atoms with E-state index in [9.17, 15) is 14.4 Å². The molecule has 0 saturated heterocycles. The Morgan fingerprint density at radius 3 is 2.31 bits per heavy atom. The van der Waals surface area contributed by atoms with Gasteiger partial charge in [-0.2, -0.15) is 4.98 Å². The fourth-order valence-electron chi connectivity index (χ4n) is 3.30. The van der Waals surface area contributed by atoms with Crippen molar-refractivity contribution < 1.29 is 14.6 Å². The minimum atomic E-state index is -1.19. The van der Waals surface area contributed by atoms with Crippen LogP contribution in [0.3, 0.4) is 0 Å². The van der Waals surface area contributed by atoms with E-state index in [-0.39, 0.29) is 30.1 Å². The first-order chi connectivity index (χ1) is 17.2. The van der Waals surface area contributed by atoms with E-state index in [1.54, 1.807) is 62.4 Å². The third-order valence-corrected chi connectivity index (χ3v) is 5.31. The van der Waals surface area contributed by atoms with Gasteiger partial charge in [0.2, 0.25) is 11.8 Å². The molecule has 2 aromatic carbocycles. The van der Waals surface area contributed by atoms with Gasteiger partial charge >= 0.3 is 17.3 Å². The summed E-state index contributed by atoms with van der Waals surface area (Å²) in [5.74, 6) is -0.564. The summed E-state index contributed by atoms with van der Waals surface area (Å²) in [6.45, 7) is 3.65. The number of carboxylic acid groups (broad SMARTS) is 1. The Kier molecular flexibility index (Phi) is 7.11. The number of ether oxygens (including phenoxy) is 1. The zero-order valence-electron chi connectivity index (χ0n) is 19.3. The van der Waals surface area contributed by atoms with E-state index < -0.39 is 17.3 Å². The number of carboxylic acids is 1. The first-order valence-corrected chi connectivity index (χ1v) is 11.2. The van der Waals surface area contributed by atoms with E-state index >= 15 is 0 Å². The molecule has 36 heavy (non-hydrogen) atoms. The predicted molar refractivity (Wildman–Crippen MR) is 132 cm³/mol. The van der Waals surface area contributed by atoms with Gasteiger partial charge in [0.1, 0.15) is 5.75 Å². The van der Waals surface area contributed by atoms with Crippen LogP contribution in [0.25, 0.3) is 0 Å². The number of nitrogens with one attached hydrogen (secondary N) is 1. The summed E-state index contributed by atoms with van der Waals surface area (Å²) in [4.78, 5) is 40.8. The lowest BCUT2D eigenvalue weighted by atomic mass is 10.2. The summed E-state index contributed by atoms with van der Waals surface area (Å²) in [6, 6.07) is 15.9. The summed E-state index contributed by atoms with van der Waals surface area (Å²) in [7, 11) is 0. The third-order valence-electron chi connectivity index (χ3n) is 5.06. The number of carbonyl (C=O) groups is 1. The van der Waals surface area contributed by atoms with Gasteiger partial charge in [-0.15, -0.1) is 10.2 Å². The van der Waals surface area contributed by atoms with Crippen LogP contribution in [-0.2, 0) is 6.54 Å². The largest absolute Gasteiger partial charge is 0.476 e. The van der Waals surface area contributed by atoms with Crippen LogP contribution in [0, 0.1) is 0 Å². The first kappa shape index (κ1) is 24.6. The molecule has 2 aromatic heterocycles. The quantitative estimate of drug-likeness (QED) is 0.364. The topological polar surface area (TPSA) is 141 Å². The molecule has 0 amide bonds. The normalized spacial score (nSPS) is 10.9. The molecule has 0 aliphatic heterocycles. The molecule has 4 rings (SSSR count). The van der Waals surface area contributed by atoms with Crippen molar-refractivity contribution >= 4 is 29.2 Å². The van der Waals surface area contributed by atoms with Crippen molar-refractivity contribution in [2.24, 2.45) is 0 Å². The molecule has 0 spiro atoms. The van der Waals surface area contributed by atoms with E-state index in [0.717, 1.165) is 10.1 Å². The second-order valence-electron chi connectivity index (χ2n) is 7.99.